The zero-order chi connectivity index (χ0) is 22.9. The van der Waals surface area contributed by atoms with Gasteiger partial charge in [0, 0.05) is 16.7 Å². The minimum absolute atomic E-state index is 0.296. The Balaban J connectivity index is 1.61. The molecule has 0 aromatic heterocycles. The SMILES string of the molecule is COc1cccc(/C(C)=N/NC(=O)c2ccc(N/N=C(\C)c3cccc(OC)c3)cc2)c1. The lowest BCUT2D eigenvalue weighted by Gasteiger charge is -2.07. The normalized spacial score (nSPS) is 11.6. The highest BCUT2D eigenvalue weighted by Gasteiger charge is 2.06. The van der Waals surface area contributed by atoms with Crippen LogP contribution in [0.4, 0.5) is 5.69 Å². The van der Waals surface area contributed by atoms with E-state index in [1.807, 2.05) is 62.4 Å². The largest absolute Gasteiger partial charge is 0.497 e. The van der Waals surface area contributed by atoms with E-state index in [1.165, 1.54) is 0 Å². The van der Waals surface area contributed by atoms with Gasteiger partial charge in [-0.15, -0.1) is 0 Å². The van der Waals surface area contributed by atoms with Gasteiger partial charge in [0.25, 0.3) is 5.91 Å². The van der Waals surface area contributed by atoms with Gasteiger partial charge in [-0.25, -0.2) is 5.43 Å². The molecule has 32 heavy (non-hydrogen) atoms. The van der Waals surface area contributed by atoms with Gasteiger partial charge in [-0.1, -0.05) is 24.3 Å². The third-order valence-corrected chi connectivity index (χ3v) is 4.80. The molecule has 3 aromatic carbocycles. The zero-order valence-electron chi connectivity index (χ0n) is 18.5. The molecule has 0 saturated carbocycles. The number of hydrogen-bond acceptors (Lipinski definition) is 6. The fraction of sp³-hybridized carbons (Fsp3) is 0.160. The summed E-state index contributed by atoms with van der Waals surface area (Å²) in [4.78, 5) is 12.4. The van der Waals surface area contributed by atoms with Gasteiger partial charge < -0.3 is 9.47 Å². The molecule has 164 valence electrons. The smallest absolute Gasteiger partial charge is 0.271 e. The fourth-order valence-corrected chi connectivity index (χ4v) is 2.87. The van der Waals surface area contributed by atoms with Crippen LogP contribution in [0.3, 0.4) is 0 Å². The lowest BCUT2D eigenvalue weighted by molar-refractivity contribution is 0.0955. The number of methoxy groups -OCH3 is 2. The number of ether oxygens (including phenoxy) is 2. The lowest BCUT2D eigenvalue weighted by Crippen LogP contribution is -2.19. The molecule has 0 fully saturated rings. The molecule has 0 saturated heterocycles. The highest BCUT2D eigenvalue weighted by molar-refractivity contribution is 6.01. The van der Waals surface area contributed by atoms with Crippen molar-refractivity contribution in [2.45, 2.75) is 13.8 Å². The van der Waals surface area contributed by atoms with Gasteiger partial charge in [0.15, 0.2) is 0 Å². The number of benzene rings is 3. The number of hydrazone groups is 2. The Bertz CT molecular complexity index is 1140. The van der Waals surface area contributed by atoms with Crippen LogP contribution >= 0.6 is 0 Å². The van der Waals surface area contributed by atoms with Crippen molar-refractivity contribution in [2.75, 3.05) is 19.6 Å². The molecular weight excluding hydrogens is 404 g/mol. The summed E-state index contributed by atoms with van der Waals surface area (Å²) in [6.07, 6.45) is 0. The number of rotatable bonds is 8. The van der Waals surface area contributed by atoms with Crippen molar-refractivity contribution < 1.29 is 14.3 Å². The molecule has 0 unspecified atom stereocenters. The number of carbonyl (C=O) groups excluding carboxylic acids is 1. The van der Waals surface area contributed by atoms with Gasteiger partial charge in [0.05, 0.1) is 31.3 Å². The molecule has 0 radical (unpaired) electrons. The number of hydrogen-bond donors (Lipinski definition) is 2. The van der Waals surface area contributed by atoms with E-state index in [2.05, 4.69) is 21.1 Å². The van der Waals surface area contributed by atoms with Crippen molar-refractivity contribution in [2.24, 2.45) is 10.2 Å². The van der Waals surface area contributed by atoms with E-state index >= 15 is 0 Å². The van der Waals surface area contributed by atoms with Crippen molar-refractivity contribution in [3.63, 3.8) is 0 Å². The Morgan fingerprint density at radius 1 is 0.719 bits per heavy atom. The van der Waals surface area contributed by atoms with Gasteiger partial charge in [-0.3, -0.25) is 10.2 Å². The van der Waals surface area contributed by atoms with Crippen LogP contribution in [0.25, 0.3) is 0 Å². The minimum atomic E-state index is -0.296. The summed E-state index contributed by atoms with van der Waals surface area (Å²) in [5.41, 5.74) is 10.2. The molecule has 0 aliphatic heterocycles. The third kappa shape index (κ3) is 5.95. The van der Waals surface area contributed by atoms with E-state index in [4.69, 9.17) is 9.47 Å². The highest BCUT2D eigenvalue weighted by Crippen LogP contribution is 2.15. The van der Waals surface area contributed by atoms with E-state index in [9.17, 15) is 4.79 Å². The number of nitrogens with zero attached hydrogens (tertiary/aromatic N) is 2. The number of anilines is 1. The maximum absolute atomic E-state index is 12.4. The van der Waals surface area contributed by atoms with Crippen molar-refractivity contribution in [1.29, 1.82) is 0 Å². The molecule has 0 aliphatic carbocycles. The third-order valence-electron chi connectivity index (χ3n) is 4.80. The predicted octanol–water partition coefficient (Wildman–Crippen LogP) is 4.69. The Morgan fingerprint density at radius 2 is 1.25 bits per heavy atom. The summed E-state index contributed by atoms with van der Waals surface area (Å²) in [6, 6.07) is 22.2. The first kappa shape index (κ1) is 22.6. The Morgan fingerprint density at radius 3 is 1.78 bits per heavy atom. The second kappa shape index (κ2) is 10.8. The molecule has 3 rings (SSSR count). The first-order valence-electron chi connectivity index (χ1n) is 10.0. The van der Waals surface area contributed by atoms with E-state index in [0.717, 1.165) is 34.0 Å². The predicted molar refractivity (Wildman–Crippen MR) is 128 cm³/mol. The zero-order valence-corrected chi connectivity index (χ0v) is 18.5. The van der Waals surface area contributed by atoms with Gasteiger partial charge in [0.2, 0.25) is 0 Å². The van der Waals surface area contributed by atoms with Crippen LogP contribution in [0.5, 0.6) is 11.5 Å². The quantitative estimate of drug-likeness (QED) is 0.401. The second-order valence-electron chi connectivity index (χ2n) is 6.99. The summed E-state index contributed by atoms with van der Waals surface area (Å²) in [5.74, 6) is 1.21. The number of nitrogens with one attached hydrogen (secondary N) is 2. The molecule has 1 amide bonds. The average Bonchev–Trinajstić information content (AvgIpc) is 2.85. The van der Waals surface area contributed by atoms with Gasteiger partial charge in [-0.05, 0) is 62.4 Å². The van der Waals surface area contributed by atoms with Crippen LogP contribution in [0, 0.1) is 0 Å². The van der Waals surface area contributed by atoms with Crippen LogP contribution < -0.4 is 20.3 Å². The van der Waals surface area contributed by atoms with Crippen molar-refractivity contribution in [3.8, 4) is 11.5 Å². The van der Waals surface area contributed by atoms with Crippen molar-refractivity contribution in [3.05, 3.63) is 89.5 Å². The van der Waals surface area contributed by atoms with E-state index < -0.39 is 0 Å². The van der Waals surface area contributed by atoms with Gasteiger partial charge in [0.1, 0.15) is 11.5 Å². The first-order valence-corrected chi connectivity index (χ1v) is 10.0. The summed E-state index contributed by atoms with van der Waals surface area (Å²) in [6.45, 7) is 3.73. The monoisotopic (exact) mass is 430 g/mol. The topological polar surface area (TPSA) is 84.3 Å². The van der Waals surface area contributed by atoms with Crippen LogP contribution in [0.15, 0.2) is 83.0 Å². The molecule has 0 atom stereocenters. The molecule has 0 spiro atoms. The Labute approximate surface area is 187 Å². The summed E-state index contributed by atoms with van der Waals surface area (Å²) in [5, 5.41) is 8.59. The molecule has 0 bridgehead atoms. The van der Waals surface area contributed by atoms with Crippen LogP contribution in [0.2, 0.25) is 0 Å². The Kier molecular flexibility index (Phi) is 7.59. The number of carbonyl (C=O) groups is 1. The number of amides is 1. The molecule has 3 aromatic rings. The molecule has 7 nitrogen and oxygen atoms in total. The molecule has 7 heteroatoms. The van der Waals surface area contributed by atoms with Gasteiger partial charge >= 0.3 is 0 Å². The fourth-order valence-electron chi connectivity index (χ4n) is 2.87. The van der Waals surface area contributed by atoms with E-state index in [0.29, 0.717) is 11.3 Å². The molecule has 2 N–H and O–H groups in total. The van der Waals surface area contributed by atoms with Crippen LogP contribution in [-0.2, 0) is 0 Å². The molecule has 0 aliphatic rings. The van der Waals surface area contributed by atoms with Crippen molar-refractivity contribution in [1.82, 2.24) is 5.43 Å². The highest BCUT2D eigenvalue weighted by atomic mass is 16.5. The van der Waals surface area contributed by atoms with Gasteiger partial charge in [-0.2, -0.15) is 10.2 Å². The van der Waals surface area contributed by atoms with E-state index in [-0.39, 0.29) is 5.91 Å². The van der Waals surface area contributed by atoms with Crippen molar-refractivity contribution >= 4 is 23.0 Å². The van der Waals surface area contributed by atoms with E-state index in [1.54, 1.807) is 38.5 Å². The minimum Gasteiger partial charge on any atom is -0.497 e. The summed E-state index contributed by atoms with van der Waals surface area (Å²) in [7, 11) is 3.24. The second-order valence-corrected chi connectivity index (χ2v) is 6.99. The maximum Gasteiger partial charge on any atom is 0.271 e. The lowest BCUT2D eigenvalue weighted by atomic mass is 10.1. The maximum atomic E-state index is 12.4. The molecular formula is C25H26N4O3. The summed E-state index contributed by atoms with van der Waals surface area (Å²) < 4.78 is 10.5. The summed E-state index contributed by atoms with van der Waals surface area (Å²) >= 11 is 0. The first-order chi connectivity index (χ1) is 15.5. The molecule has 0 heterocycles. The average molecular weight is 431 g/mol. The Hall–Kier alpha value is -4.13. The van der Waals surface area contributed by atoms with Crippen LogP contribution in [-0.4, -0.2) is 31.6 Å². The van der Waals surface area contributed by atoms with Crippen LogP contribution in [0.1, 0.15) is 35.3 Å². The standard InChI is InChI=1S/C25H26N4O3/c1-17(20-7-5-9-23(15-20)31-3)26-28-22-13-11-19(12-14-22)25(30)29-27-18(2)21-8-6-10-24(16-21)32-4/h5-16,28H,1-4H3,(H,29,30)/b26-17+,27-18+.